The van der Waals surface area contributed by atoms with Crippen molar-refractivity contribution in [1.82, 2.24) is 15.2 Å². The highest BCUT2D eigenvalue weighted by Crippen LogP contribution is 2.33. The van der Waals surface area contributed by atoms with Gasteiger partial charge in [0.2, 0.25) is 11.1 Å². The molecule has 1 unspecified atom stereocenters. The number of nitrogens with zero attached hydrogens (tertiary/aromatic N) is 2. The quantitative estimate of drug-likeness (QED) is 0.640. The molecule has 0 aliphatic carbocycles. The Kier molecular flexibility index (Phi) is 5.21. The Morgan fingerprint density at radius 3 is 2.68 bits per heavy atom. The number of nitrogens with one attached hydrogen (secondary N) is 2. The number of benzene rings is 2. The summed E-state index contributed by atoms with van der Waals surface area (Å²) in [7, 11) is 0. The molecule has 8 heteroatoms. The van der Waals surface area contributed by atoms with Gasteiger partial charge in [-0.05, 0) is 26.0 Å². The fourth-order valence-corrected chi connectivity index (χ4v) is 3.44. The van der Waals surface area contributed by atoms with Crippen molar-refractivity contribution in [3.63, 3.8) is 0 Å². The first-order chi connectivity index (χ1) is 13.6. The summed E-state index contributed by atoms with van der Waals surface area (Å²) in [6.45, 7) is 4.89. The van der Waals surface area contributed by atoms with Crippen molar-refractivity contribution < 1.29 is 14.3 Å². The molecule has 1 amide bonds. The maximum Gasteiger partial charge on any atom is 0.237 e. The zero-order valence-electron chi connectivity index (χ0n) is 15.6. The number of ether oxygens (including phenoxy) is 2. The lowest BCUT2D eigenvalue weighted by Crippen LogP contribution is -2.23. The lowest BCUT2D eigenvalue weighted by atomic mass is 10.1. The van der Waals surface area contributed by atoms with E-state index in [0.29, 0.717) is 41.4 Å². The van der Waals surface area contributed by atoms with Gasteiger partial charge in [-0.25, -0.2) is 4.98 Å². The molecule has 28 heavy (non-hydrogen) atoms. The SMILES string of the molecule is Cc1ccc(-c2nc(SC(C)C(=O)Nc3ccc4c(c3)OCCO4)n[nH]2)cc1. The minimum Gasteiger partial charge on any atom is -0.486 e. The minimum absolute atomic E-state index is 0.136. The van der Waals surface area contributed by atoms with E-state index >= 15 is 0 Å². The van der Waals surface area contributed by atoms with E-state index in [0.717, 1.165) is 5.56 Å². The molecule has 0 fully saturated rings. The molecule has 4 rings (SSSR count). The van der Waals surface area contributed by atoms with E-state index in [4.69, 9.17) is 9.47 Å². The highest BCUT2D eigenvalue weighted by Gasteiger charge is 2.19. The molecular formula is C20H20N4O3S. The Hall–Kier alpha value is -3.00. The van der Waals surface area contributed by atoms with Crippen LogP contribution in [0.5, 0.6) is 11.5 Å². The van der Waals surface area contributed by atoms with Crippen LogP contribution in [0.15, 0.2) is 47.6 Å². The van der Waals surface area contributed by atoms with Crippen LogP contribution in [-0.2, 0) is 4.79 Å². The summed E-state index contributed by atoms with van der Waals surface area (Å²) in [5.41, 5.74) is 2.80. The molecule has 0 spiro atoms. The van der Waals surface area contributed by atoms with Gasteiger partial charge in [0.25, 0.3) is 0 Å². The van der Waals surface area contributed by atoms with Crippen LogP contribution in [0.4, 0.5) is 5.69 Å². The standard InChI is InChI=1S/C20H20N4O3S/c1-12-3-5-14(6-4-12)18-22-20(24-23-18)28-13(2)19(25)21-15-7-8-16-17(11-15)27-10-9-26-16/h3-8,11,13H,9-10H2,1-2H3,(H,21,25)(H,22,23,24). The number of aryl methyl sites for hydroxylation is 1. The maximum atomic E-state index is 12.5. The predicted octanol–water partition coefficient (Wildman–Crippen LogP) is 3.67. The molecule has 7 nitrogen and oxygen atoms in total. The van der Waals surface area contributed by atoms with Gasteiger partial charge in [-0.3, -0.25) is 9.89 Å². The molecule has 1 aliphatic heterocycles. The van der Waals surface area contributed by atoms with Gasteiger partial charge in [-0.15, -0.1) is 5.10 Å². The van der Waals surface area contributed by atoms with E-state index < -0.39 is 0 Å². The second-order valence-corrected chi connectivity index (χ2v) is 7.75. The third-order valence-electron chi connectivity index (χ3n) is 4.25. The molecule has 2 heterocycles. The van der Waals surface area contributed by atoms with Gasteiger partial charge in [-0.1, -0.05) is 41.6 Å². The molecule has 0 bridgehead atoms. The van der Waals surface area contributed by atoms with Crippen molar-refractivity contribution in [2.45, 2.75) is 24.3 Å². The van der Waals surface area contributed by atoms with Gasteiger partial charge in [0.15, 0.2) is 17.3 Å². The Balaban J connectivity index is 1.39. The Bertz CT molecular complexity index is 987. The highest BCUT2D eigenvalue weighted by atomic mass is 32.2. The normalized spacial score (nSPS) is 13.8. The van der Waals surface area contributed by atoms with Crippen molar-refractivity contribution in [2.75, 3.05) is 18.5 Å². The molecule has 2 N–H and O–H groups in total. The summed E-state index contributed by atoms with van der Waals surface area (Å²) in [6.07, 6.45) is 0. The summed E-state index contributed by atoms with van der Waals surface area (Å²) in [4.78, 5) is 17.0. The zero-order chi connectivity index (χ0) is 19.5. The number of hydrogen-bond acceptors (Lipinski definition) is 6. The van der Waals surface area contributed by atoms with Crippen LogP contribution in [0.25, 0.3) is 11.4 Å². The smallest absolute Gasteiger partial charge is 0.237 e. The van der Waals surface area contributed by atoms with E-state index in [1.165, 1.54) is 17.3 Å². The monoisotopic (exact) mass is 396 g/mol. The summed E-state index contributed by atoms with van der Waals surface area (Å²) >= 11 is 1.30. The van der Waals surface area contributed by atoms with Crippen molar-refractivity contribution in [2.24, 2.45) is 0 Å². The summed E-state index contributed by atoms with van der Waals surface area (Å²) in [6, 6.07) is 13.4. The maximum absolute atomic E-state index is 12.5. The molecule has 144 valence electrons. The first-order valence-electron chi connectivity index (χ1n) is 8.95. The molecule has 0 saturated carbocycles. The van der Waals surface area contributed by atoms with Gasteiger partial charge in [0, 0.05) is 17.3 Å². The van der Waals surface area contributed by atoms with Gasteiger partial charge in [0.1, 0.15) is 13.2 Å². The highest BCUT2D eigenvalue weighted by molar-refractivity contribution is 8.00. The minimum atomic E-state index is -0.366. The van der Waals surface area contributed by atoms with Crippen LogP contribution in [0.2, 0.25) is 0 Å². The van der Waals surface area contributed by atoms with Crippen LogP contribution in [0.1, 0.15) is 12.5 Å². The number of anilines is 1. The third kappa shape index (κ3) is 4.12. The number of aromatic amines is 1. The summed E-state index contributed by atoms with van der Waals surface area (Å²) < 4.78 is 11.0. The average Bonchev–Trinajstić information content (AvgIpc) is 3.17. The number of H-pyrrole nitrogens is 1. The Labute approximate surface area is 166 Å². The molecule has 2 aromatic carbocycles. The first-order valence-corrected chi connectivity index (χ1v) is 9.83. The molecule has 3 aromatic rings. The molecule has 1 aromatic heterocycles. The lowest BCUT2D eigenvalue weighted by Gasteiger charge is -2.19. The van der Waals surface area contributed by atoms with Crippen LogP contribution in [0, 0.1) is 6.92 Å². The van der Waals surface area contributed by atoms with Gasteiger partial charge >= 0.3 is 0 Å². The number of carbonyl (C=O) groups is 1. The van der Waals surface area contributed by atoms with E-state index in [2.05, 4.69) is 20.5 Å². The first kappa shape index (κ1) is 18.4. The molecule has 1 aliphatic rings. The zero-order valence-corrected chi connectivity index (χ0v) is 16.4. The van der Waals surface area contributed by atoms with Crippen molar-refractivity contribution in [1.29, 1.82) is 0 Å². The summed E-state index contributed by atoms with van der Waals surface area (Å²) in [5.74, 6) is 1.88. The van der Waals surface area contributed by atoms with Gasteiger partial charge < -0.3 is 14.8 Å². The van der Waals surface area contributed by atoms with Gasteiger partial charge in [-0.2, -0.15) is 0 Å². The number of hydrogen-bond donors (Lipinski definition) is 2. The van der Waals surface area contributed by atoms with Crippen molar-refractivity contribution in [3.05, 3.63) is 48.0 Å². The summed E-state index contributed by atoms with van der Waals surface area (Å²) in [5, 5.41) is 10.2. The lowest BCUT2D eigenvalue weighted by molar-refractivity contribution is -0.115. The molecule has 0 radical (unpaired) electrons. The van der Waals surface area contributed by atoms with Gasteiger partial charge in [0.05, 0.1) is 5.25 Å². The number of rotatable bonds is 5. The molecule has 1 atom stereocenters. The van der Waals surface area contributed by atoms with Crippen molar-refractivity contribution in [3.8, 4) is 22.9 Å². The number of carbonyl (C=O) groups excluding carboxylic acids is 1. The fourth-order valence-electron chi connectivity index (χ4n) is 2.72. The largest absolute Gasteiger partial charge is 0.486 e. The topological polar surface area (TPSA) is 89.1 Å². The number of thioether (sulfide) groups is 1. The van der Waals surface area contributed by atoms with E-state index in [9.17, 15) is 4.79 Å². The number of aromatic nitrogens is 3. The van der Waals surface area contributed by atoms with E-state index in [-0.39, 0.29) is 11.2 Å². The Morgan fingerprint density at radius 2 is 1.89 bits per heavy atom. The fraction of sp³-hybridized carbons (Fsp3) is 0.250. The molecule has 0 saturated heterocycles. The second-order valence-electron chi connectivity index (χ2n) is 6.44. The third-order valence-corrected chi connectivity index (χ3v) is 5.21. The van der Waals surface area contributed by atoms with Crippen molar-refractivity contribution >= 4 is 23.4 Å². The molecular weight excluding hydrogens is 376 g/mol. The second kappa shape index (κ2) is 7.93. The van der Waals surface area contributed by atoms with Crippen LogP contribution >= 0.6 is 11.8 Å². The average molecular weight is 396 g/mol. The van der Waals surface area contributed by atoms with E-state index in [1.807, 2.05) is 38.1 Å². The van der Waals surface area contributed by atoms with Crippen LogP contribution in [-0.4, -0.2) is 39.6 Å². The van der Waals surface area contributed by atoms with Crippen LogP contribution in [0.3, 0.4) is 0 Å². The predicted molar refractivity (Wildman–Crippen MR) is 108 cm³/mol. The van der Waals surface area contributed by atoms with E-state index in [1.54, 1.807) is 18.2 Å². The number of amides is 1. The Morgan fingerprint density at radius 1 is 1.14 bits per heavy atom. The number of fused-ring (bicyclic) bond motifs is 1. The van der Waals surface area contributed by atoms with Crippen LogP contribution < -0.4 is 14.8 Å².